The lowest BCUT2D eigenvalue weighted by Gasteiger charge is -2.33. The van der Waals surface area contributed by atoms with Crippen LogP contribution in [0.25, 0.3) is 16.8 Å². The Morgan fingerprint density at radius 1 is 1.15 bits per heavy atom. The Labute approximate surface area is 237 Å². The summed E-state index contributed by atoms with van der Waals surface area (Å²) in [6.07, 6.45) is 5.87. The van der Waals surface area contributed by atoms with Gasteiger partial charge in [-0.3, -0.25) is 4.98 Å². The second kappa shape index (κ2) is 10.7. The first-order chi connectivity index (χ1) is 19.3. The van der Waals surface area contributed by atoms with E-state index in [9.17, 15) is 14.3 Å². The summed E-state index contributed by atoms with van der Waals surface area (Å²) < 4.78 is 28.7. The predicted molar refractivity (Wildman–Crippen MR) is 149 cm³/mol. The Morgan fingerprint density at radius 3 is 2.54 bits per heavy atom. The van der Waals surface area contributed by atoms with E-state index in [4.69, 9.17) is 9.47 Å². The zero-order chi connectivity index (χ0) is 29.5. The van der Waals surface area contributed by atoms with E-state index in [1.54, 1.807) is 22.5 Å². The van der Waals surface area contributed by atoms with Gasteiger partial charge in [-0.25, -0.2) is 18.4 Å². The highest BCUT2D eigenvalue weighted by Gasteiger charge is 2.30. The number of aryl methyl sites for hydroxylation is 1. The number of hydrogen-bond donors (Lipinski definition) is 1. The quantitative estimate of drug-likeness (QED) is 0.360. The summed E-state index contributed by atoms with van der Waals surface area (Å²) in [6.45, 7) is 12.1. The Kier molecular flexibility index (Phi) is 7.45. The van der Waals surface area contributed by atoms with Crippen LogP contribution in [-0.4, -0.2) is 71.0 Å². The first-order valence-electron chi connectivity index (χ1n) is 13.7. The van der Waals surface area contributed by atoms with Gasteiger partial charge in [0.15, 0.2) is 0 Å². The molecule has 0 spiro atoms. The van der Waals surface area contributed by atoms with Crippen LogP contribution in [0.4, 0.5) is 9.18 Å². The molecule has 1 unspecified atom stereocenters. The minimum Gasteiger partial charge on any atom is -0.488 e. The van der Waals surface area contributed by atoms with Crippen LogP contribution in [0.1, 0.15) is 63.5 Å². The largest absolute Gasteiger partial charge is 0.488 e. The molecule has 1 atom stereocenters. The molecule has 0 aliphatic carbocycles. The van der Waals surface area contributed by atoms with Crippen LogP contribution in [0.15, 0.2) is 36.8 Å². The lowest BCUT2D eigenvalue weighted by Crippen LogP contribution is -2.42. The number of likely N-dealkylation sites (tertiary alicyclic amines) is 1. The third kappa shape index (κ3) is 6.02. The van der Waals surface area contributed by atoms with Gasteiger partial charge in [0.2, 0.25) is 0 Å². The van der Waals surface area contributed by atoms with E-state index < -0.39 is 17.0 Å². The number of rotatable bonds is 6. The van der Waals surface area contributed by atoms with Crippen molar-refractivity contribution in [2.75, 3.05) is 19.7 Å². The molecule has 12 heteroatoms. The van der Waals surface area contributed by atoms with Crippen molar-refractivity contribution >= 4 is 11.6 Å². The minimum absolute atomic E-state index is 0.0969. The first-order valence-corrected chi connectivity index (χ1v) is 13.7. The molecule has 11 nitrogen and oxygen atoms in total. The highest BCUT2D eigenvalue weighted by atomic mass is 19.1. The van der Waals surface area contributed by atoms with Gasteiger partial charge in [0.1, 0.15) is 40.6 Å². The fraction of sp³-hybridized carbons (Fsp3) is 0.483. The van der Waals surface area contributed by atoms with Crippen LogP contribution >= 0.6 is 0 Å². The number of aromatic nitrogens is 6. The van der Waals surface area contributed by atoms with Crippen LogP contribution in [0, 0.1) is 19.7 Å². The summed E-state index contributed by atoms with van der Waals surface area (Å²) in [4.78, 5) is 18.2. The molecule has 0 saturated carbocycles. The molecular formula is C29H36FN7O4. The monoisotopic (exact) mass is 565 g/mol. The van der Waals surface area contributed by atoms with Gasteiger partial charge in [-0.2, -0.15) is 5.10 Å². The Morgan fingerprint density at radius 2 is 1.88 bits per heavy atom. The van der Waals surface area contributed by atoms with Crippen LogP contribution in [0.3, 0.4) is 0 Å². The number of fused-ring (bicyclic) bond motifs is 1. The second-order valence-electron chi connectivity index (χ2n) is 11.8. The van der Waals surface area contributed by atoms with E-state index in [1.807, 2.05) is 51.6 Å². The summed E-state index contributed by atoms with van der Waals surface area (Å²) in [5.41, 5.74) is 2.30. The molecule has 0 radical (unpaired) electrons. The fourth-order valence-corrected chi connectivity index (χ4v) is 5.03. The normalized spacial score (nSPS) is 16.1. The van der Waals surface area contributed by atoms with Crippen LogP contribution < -0.4 is 4.74 Å². The van der Waals surface area contributed by atoms with Crippen LogP contribution in [0.2, 0.25) is 0 Å². The van der Waals surface area contributed by atoms with Gasteiger partial charge in [0.05, 0.1) is 29.8 Å². The zero-order valence-corrected chi connectivity index (χ0v) is 24.3. The Balaban J connectivity index is 1.36. The van der Waals surface area contributed by atoms with Crippen molar-refractivity contribution in [3.63, 3.8) is 0 Å². The summed E-state index contributed by atoms with van der Waals surface area (Å²) in [6, 6.07) is 4.66. The van der Waals surface area contributed by atoms with Gasteiger partial charge in [0, 0.05) is 24.8 Å². The van der Waals surface area contributed by atoms with E-state index in [0.717, 1.165) is 41.4 Å². The fourth-order valence-electron chi connectivity index (χ4n) is 5.03. The van der Waals surface area contributed by atoms with Crippen molar-refractivity contribution in [2.45, 2.75) is 71.6 Å². The van der Waals surface area contributed by atoms with E-state index in [0.29, 0.717) is 30.2 Å². The number of ether oxygens (including phenoxy) is 2. The van der Waals surface area contributed by atoms with Gasteiger partial charge in [-0.15, -0.1) is 5.10 Å². The number of halogens is 1. The molecule has 1 amide bonds. The summed E-state index contributed by atoms with van der Waals surface area (Å²) in [5, 5.41) is 24.5. The highest BCUT2D eigenvalue weighted by Crippen LogP contribution is 2.33. The standard InChI is InChI=1S/C29H36FN7O4/c1-18-14-32-36-16-20(13-23(26(18)36)40-17-29(6,39)24-8-7-21(30)15-31-24)25-19(2)37(34-33-25)22-9-11-35(12-10-22)27(38)41-28(3,4)5/h7-8,13-16,22,39H,9-12,17H2,1-6H3. The molecule has 5 heterocycles. The molecule has 4 aromatic rings. The number of pyridine rings is 2. The van der Waals surface area contributed by atoms with E-state index in [2.05, 4.69) is 20.4 Å². The summed E-state index contributed by atoms with van der Waals surface area (Å²) in [7, 11) is 0. The van der Waals surface area contributed by atoms with Gasteiger partial charge in [0.25, 0.3) is 0 Å². The van der Waals surface area contributed by atoms with E-state index >= 15 is 0 Å². The average Bonchev–Trinajstić information content (AvgIpc) is 3.49. The molecule has 0 aromatic carbocycles. The lowest BCUT2D eigenvalue weighted by atomic mass is 10.0. The summed E-state index contributed by atoms with van der Waals surface area (Å²) >= 11 is 0. The molecule has 5 rings (SSSR count). The maximum absolute atomic E-state index is 13.4. The number of piperidine rings is 1. The maximum Gasteiger partial charge on any atom is 0.410 e. The van der Waals surface area contributed by atoms with Crippen molar-refractivity contribution in [1.29, 1.82) is 0 Å². The van der Waals surface area contributed by atoms with Crippen LogP contribution in [0.5, 0.6) is 5.75 Å². The number of aliphatic hydroxyl groups is 1. The lowest BCUT2D eigenvalue weighted by molar-refractivity contribution is 0.00418. The van der Waals surface area contributed by atoms with Crippen molar-refractivity contribution < 1.29 is 23.8 Å². The molecule has 1 aliphatic rings. The van der Waals surface area contributed by atoms with Crippen LogP contribution in [-0.2, 0) is 10.3 Å². The molecule has 1 N–H and O–H groups in total. The molecule has 218 valence electrons. The average molecular weight is 566 g/mol. The number of carbonyl (C=O) groups is 1. The predicted octanol–water partition coefficient (Wildman–Crippen LogP) is 4.60. The number of carbonyl (C=O) groups excluding carboxylic acids is 1. The third-order valence-corrected chi connectivity index (χ3v) is 7.21. The Bertz CT molecular complexity index is 1550. The molecule has 4 aromatic heterocycles. The van der Waals surface area contributed by atoms with Crippen molar-refractivity contribution in [3.05, 3.63) is 59.6 Å². The van der Waals surface area contributed by atoms with Crippen molar-refractivity contribution in [2.24, 2.45) is 0 Å². The highest BCUT2D eigenvalue weighted by molar-refractivity contribution is 5.72. The molecule has 1 aliphatic heterocycles. The van der Waals surface area contributed by atoms with Crippen molar-refractivity contribution in [1.82, 2.24) is 34.5 Å². The SMILES string of the molecule is Cc1cnn2cc(-c3nnn(C4CCN(C(=O)OC(C)(C)C)CC4)c3C)cc(OCC(C)(O)c3ccc(F)cn3)c12. The maximum atomic E-state index is 13.4. The number of amides is 1. The molecular weight excluding hydrogens is 529 g/mol. The zero-order valence-electron chi connectivity index (χ0n) is 24.3. The summed E-state index contributed by atoms with van der Waals surface area (Å²) in [5.74, 6) is 0.0336. The van der Waals surface area contributed by atoms with Gasteiger partial charge >= 0.3 is 6.09 Å². The number of hydrogen-bond acceptors (Lipinski definition) is 8. The first kappa shape index (κ1) is 28.5. The van der Waals surface area contributed by atoms with E-state index in [1.165, 1.54) is 12.1 Å². The molecule has 1 saturated heterocycles. The van der Waals surface area contributed by atoms with Crippen molar-refractivity contribution in [3.8, 4) is 17.0 Å². The second-order valence-corrected chi connectivity index (χ2v) is 11.8. The van der Waals surface area contributed by atoms with Gasteiger partial charge < -0.3 is 19.5 Å². The molecule has 41 heavy (non-hydrogen) atoms. The Hall–Kier alpha value is -4.06. The smallest absolute Gasteiger partial charge is 0.410 e. The topological polar surface area (TPSA) is 120 Å². The minimum atomic E-state index is -1.46. The van der Waals surface area contributed by atoms with Gasteiger partial charge in [-0.05, 0) is 78.1 Å². The van der Waals surface area contributed by atoms with Gasteiger partial charge in [-0.1, -0.05) is 5.21 Å². The number of nitrogens with zero attached hydrogens (tertiary/aromatic N) is 7. The molecule has 1 fully saturated rings. The van der Waals surface area contributed by atoms with E-state index in [-0.39, 0.29) is 18.7 Å². The molecule has 0 bridgehead atoms. The third-order valence-electron chi connectivity index (χ3n) is 7.21.